The average molecular weight is 844 g/mol. The number of fused-ring (bicyclic) bond motifs is 6. The van der Waals surface area contributed by atoms with Gasteiger partial charge in [0.1, 0.15) is 0 Å². The molecule has 0 amide bonds. The Labute approximate surface area is 307 Å². The average Bonchev–Trinajstić information content (AvgIpc) is 3.52. The van der Waals surface area contributed by atoms with E-state index in [0.29, 0.717) is 0 Å². The van der Waals surface area contributed by atoms with E-state index >= 15 is 0 Å². The smallest absolute Gasteiger partial charge is 0.162 e. The van der Waals surface area contributed by atoms with Gasteiger partial charge in [-0.15, -0.1) is 34.9 Å². The first-order valence-electron chi connectivity index (χ1n) is 17.3. The van der Waals surface area contributed by atoms with Gasteiger partial charge in [-0.2, -0.15) is 0 Å². The van der Waals surface area contributed by atoms with Crippen molar-refractivity contribution >= 4 is 38.0 Å². The van der Waals surface area contributed by atoms with Crippen LogP contribution < -0.4 is 0 Å². The molecule has 0 fully saturated rings. The third kappa shape index (κ3) is 7.62. The number of hydrogen-bond acceptors (Lipinski definition) is 5. The van der Waals surface area contributed by atoms with E-state index in [1.807, 2.05) is 57.6 Å². The second-order valence-electron chi connectivity index (χ2n) is 12.5. The molecular weight excluding hydrogens is 801 g/mol. The van der Waals surface area contributed by atoms with Gasteiger partial charge in [-0.3, -0.25) is 14.8 Å². The van der Waals surface area contributed by atoms with Gasteiger partial charge in [0, 0.05) is 77.4 Å². The molecule has 7 rings (SSSR count). The summed E-state index contributed by atoms with van der Waals surface area (Å²) in [4.78, 5) is 22.5. The number of aryl methyl sites for hydroxylation is 2. The summed E-state index contributed by atoms with van der Waals surface area (Å²) >= 11 is 1.89. The molecule has 1 radical (unpaired) electrons. The third-order valence-corrected chi connectivity index (χ3v) is 10.9. The Hall–Kier alpha value is -3.96. The summed E-state index contributed by atoms with van der Waals surface area (Å²) in [5, 5.41) is 13.3. The minimum Gasteiger partial charge on any atom is -0.512 e. The van der Waals surface area contributed by atoms with Crippen LogP contribution in [0.15, 0.2) is 103 Å². The molecule has 0 saturated heterocycles. The fourth-order valence-corrected chi connectivity index (χ4v) is 8.08. The molecule has 0 spiro atoms. The van der Waals surface area contributed by atoms with Crippen LogP contribution in [-0.2, 0) is 37.7 Å². The van der Waals surface area contributed by atoms with Crippen molar-refractivity contribution in [1.82, 2.24) is 9.97 Å². The van der Waals surface area contributed by atoms with Crippen LogP contribution in [0.2, 0.25) is 0 Å². The zero-order valence-electron chi connectivity index (χ0n) is 28.6. The molecule has 3 aromatic heterocycles. The normalized spacial score (nSPS) is 12.3. The topological polar surface area (TPSA) is 63.1 Å². The molecule has 4 nitrogen and oxygen atoms in total. The summed E-state index contributed by atoms with van der Waals surface area (Å²) in [6.45, 7) is 8.07. The van der Waals surface area contributed by atoms with E-state index in [4.69, 9.17) is 4.98 Å². The minimum absolute atomic E-state index is 0. The van der Waals surface area contributed by atoms with Crippen LogP contribution in [-0.4, -0.2) is 20.9 Å². The van der Waals surface area contributed by atoms with Crippen molar-refractivity contribution in [1.29, 1.82) is 0 Å². The van der Waals surface area contributed by atoms with Gasteiger partial charge in [0.2, 0.25) is 0 Å². The van der Waals surface area contributed by atoms with E-state index in [1.54, 1.807) is 0 Å². The molecule has 6 heteroatoms. The number of benzene rings is 3. The largest absolute Gasteiger partial charge is 0.512 e. The first-order valence-corrected chi connectivity index (χ1v) is 18.1. The van der Waals surface area contributed by atoms with Crippen molar-refractivity contribution in [2.24, 2.45) is 11.8 Å². The number of pyridine rings is 2. The number of ketones is 1. The first kappa shape index (κ1) is 36.3. The van der Waals surface area contributed by atoms with Gasteiger partial charge in [-0.25, -0.2) is 0 Å². The zero-order valence-corrected chi connectivity index (χ0v) is 31.8. The molecule has 0 unspecified atom stereocenters. The maximum atomic E-state index is 11.7. The SMILES string of the molecule is CCC(CC)C(=O)/C=C(\O)C(CC)CC.[Ir].[c-]1c(-c2nccc3sc4c(c23)-c2cnccc2CC4)cc(-c2ccccc2)c2ccccc12. The molecule has 49 heavy (non-hydrogen) atoms. The molecule has 3 aromatic carbocycles. The molecular formula is C43H43IrN2O2S-. The van der Waals surface area contributed by atoms with E-state index in [9.17, 15) is 9.90 Å². The van der Waals surface area contributed by atoms with E-state index in [-0.39, 0.29) is 43.5 Å². The van der Waals surface area contributed by atoms with Crippen molar-refractivity contribution < 1.29 is 30.0 Å². The van der Waals surface area contributed by atoms with Gasteiger partial charge in [-0.1, -0.05) is 92.7 Å². The van der Waals surface area contributed by atoms with Crippen LogP contribution in [0.4, 0.5) is 0 Å². The number of carbonyl (C=O) groups is 1. The van der Waals surface area contributed by atoms with Crippen molar-refractivity contribution in [2.75, 3.05) is 0 Å². The molecule has 6 aromatic rings. The molecule has 0 saturated carbocycles. The van der Waals surface area contributed by atoms with Crippen LogP contribution in [0.1, 0.15) is 63.8 Å². The number of rotatable bonds is 9. The van der Waals surface area contributed by atoms with Gasteiger partial charge < -0.3 is 5.11 Å². The quantitative estimate of drug-likeness (QED) is 0.0895. The van der Waals surface area contributed by atoms with Gasteiger partial charge in [0.25, 0.3) is 0 Å². The standard InChI is InChI=1S/C30H19N2S.C13H24O2.Ir/c1-2-6-19(7-3-1)24-17-22(16-21-8-4-5-9-23(21)24)30-29-27(13-15-32-30)33-26-11-10-20-12-14-31-18-25(20)28(26)29;1-5-10(6-2)12(14)9-13(15)11(7-3)8-4;/h1-9,12-15,17-18H,10-11H2;9-11,14H,5-8H2,1-4H3;/q-1;;/b;12-9-;. The molecule has 1 aliphatic rings. The molecule has 1 N–H and O–H groups in total. The van der Waals surface area contributed by atoms with E-state index in [1.165, 1.54) is 54.2 Å². The Morgan fingerprint density at radius 2 is 1.59 bits per heavy atom. The molecule has 253 valence electrons. The molecule has 1 aliphatic carbocycles. The fraction of sp³-hybridized carbons (Fsp3) is 0.279. The second-order valence-corrected chi connectivity index (χ2v) is 13.6. The molecule has 0 aliphatic heterocycles. The van der Waals surface area contributed by atoms with E-state index in [0.717, 1.165) is 55.2 Å². The van der Waals surface area contributed by atoms with Crippen LogP contribution in [0.25, 0.3) is 54.4 Å². The predicted octanol–water partition coefficient (Wildman–Crippen LogP) is 11.6. The second kappa shape index (κ2) is 16.6. The van der Waals surface area contributed by atoms with Gasteiger partial charge in [-0.05, 0) is 72.7 Å². The van der Waals surface area contributed by atoms with Crippen LogP contribution >= 0.6 is 11.3 Å². The Balaban J connectivity index is 0.000000252. The maximum Gasteiger partial charge on any atom is 0.162 e. The van der Waals surface area contributed by atoms with Crippen LogP contribution in [0.5, 0.6) is 0 Å². The maximum absolute atomic E-state index is 11.7. The Bertz CT molecular complexity index is 2080. The number of aromatic nitrogens is 2. The number of nitrogens with zero attached hydrogens (tertiary/aromatic N) is 2. The van der Waals surface area contributed by atoms with Crippen molar-refractivity contribution in [3.05, 3.63) is 120 Å². The number of aliphatic hydroxyl groups is 1. The summed E-state index contributed by atoms with van der Waals surface area (Å²) in [6.07, 6.45) is 12.9. The monoisotopic (exact) mass is 844 g/mol. The van der Waals surface area contributed by atoms with Crippen LogP contribution in [0.3, 0.4) is 0 Å². The van der Waals surface area contributed by atoms with Crippen molar-refractivity contribution in [2.45, 2.75) is 66.2 Å². The number of carbonyl (C=O) groups excluding carboxylic acids is 1. The molecule has 0 bridgehead atoms. The summed E-state index contributed by atoms with van der Waals surface area (Å²) in [6, 6.07) is 29.4. The zero-order chi connectivity index (χ0) is 33.6. The van der Waals surface area contributed by atoms with Gasteiger partial charge in [0.15, 0.2) is 5.78 Å². The summed E-state index contributed by atoms with van der Waals surface area (Å²) in [5.41, 5.74) is 8.40. The van der Waals surface area contributed by atoms with Gasteiger partial charge in [0.05, 0.1) is 5.76 Å². The summed E-state index contributed by atoms with van der Waals surface area (Å²) in [5.74, 6) is 0.547. The number of aliphatic hydroxyl groups excluding tert-OH is 1. The van der Waals surface area contributed by atoms with Crippen molar-refractivity contribution in [3.8, 4) is 33.5 Å². The Morgan fingerprint density at radius 3 is 2.33 bits per heavy atom. The summed E-state index contributed by atoms with van der Waals surface area (Å²) < 4.78 is 1.28. The number of hydrogen-bond donors (Lipinski definition) is 1. The van der Waals surface area contributed by atoms with Crippen LogP contribution in [0, 0.1) is 17.9 Å². The number of thiophene rings is 1. The fourth-order valence-electron chi connectivity index (χ4n) is 6.87. The third-order valence-electron chi connectivity index (χ3n) is 9.67. The predicted molar refractivity (Wildman–Crippen MR) is 201 cm³/mol. The number of allylic oxidation sites excluding steroid dienone is 2. The van der Waals surface area contributed by atoms with Crippen molar-refractivity contribution in [3.63, 3.8) is 0 Å². The van der Waals surface area contributed by atoms with E-state index in [2.05, 4.69) is 83.8 Å². The Kier molecular flexibility index (Phi) is 12.3. The molecule has 3 heterocycles. The van der Waals surface area contributed by atoms with Gasteiger partial charge >= 0.3 is 0 Å². The first-order chi connectivity index (χ1) is 23.5. The molecule has 0 atom stereocenters. The Morgan fingerprint density at radius 1 is 0.878 bits per heavy atom. The van der Waals surface area contributed by atoms with E-state index < -0.39 is 0 Å². The summed E-state index contributed by atoms with van der Waals surface area (Å²) in [7, 11) is 0. The minimum atomic E-state index is 0.